The maximum atomic E-state index is 6.02. The van der Waals surface area contributed by atoms with Gasteiger partial charge >= 0.3 is 0 Å². The Hall–Kier alpha value is -0.0400. The van der Waals surface area contributed by atoms with Crippen LogP contribution in [-0.2, 0) is 0 Å². The lowest BCUT2D eigenvalue weighted by Gasteiger charge is -2.35. The van der Waals surface area contributed by atoms with E-state index in [4.69, 9.17) is 5.73 Å². The van der Waals surface area contributed by atoms with Gasteiger partial charge in [-0.1, -0.05) is 19.8 Å². The van der Waals surface area contributed by atoms with Crippen LogP contribution >= 0.6 is 0 Å². The quantitative estimate of drug-likeness (QED) is 0.530. The summed E-state index contributed by atoms with van der Waals surface area (Å²) in [4.78, 5) is 0. The van der Waals surface area contributed by atoms with Gasteiger partial charge in [-0.2, -0.15) is 0 Å². The predicted molar refractivity (Wildman–Crippen MR) is 41.3 cm³/mol. The molecule has 2 N–H and O–H groups in total. The zero-order valence-electron chi connectivity index (χ0n) is 7.48. The molecule has 1 fully saturated rings. The van der Waals surface area contributed by atoms with E-state index >= 15 is 0 Å². The van der Waals surface area contributed by atoms with Crippen molar-refractivity contribution in [1.29, 1.82) is 0 Å². The molecule has 1 aliphatic carbocycles. The van der Waals surface area contributed by atoms with E-state index in [1.54, 1.807) is 0 Å². The third-order valence-electron chi connectivity index (χ3n) is 2.73. The lowest BCUT2D eigenvalue weighted by Crippen LogP contribution is -2.44. The van der Waals surface area contributed by atoms with Gasteiger partial charge in [0.1, 0.15) is 0 Å². The van der Waals surface area contributed by atoms with Crippen LogP contribution in [0.4, 0.5) is 0 Å². The number of nitrogens with two attached hydrogens (primary N) is 1. The van der Waals surface area contributed by atoms with Gasteiger partial charge in [-0.15, -0.1) is 0 Å². The highest BCUT2D eigenvalue weighted by molar-refractivity contribution is 4.87. The predicted octanol–water partition coefficient (Wildman–Crippen LogP) is 2.03. The molecule has 0 aromatic heterocycles. The van der Waals surface area contributed by atoms with Gasteiger partial charge in [-0.3, -0.25) is 0 Å². The van der Waals surface area contributed by atoms with Crippen LogP contribution in [0.5, 0.6) is 0 Å². The molecule has 0 aromatic rings. The van der Waals surface area contributed by atoms with Gasteiger partial charge in [0.25, 0.3) is 0 Å². The number of rotatable bonds is 0. The van der Waals surface area contributed by atoms with Crippen molar-refractivity contribution in [2.24, 2.45) is 11.7 Å². The van der Waals surface area contributed by atoms with Crippen molar-refractivity contribution in [2.45, 2.75) is 45.1 Å². The second-order valence-corrected chi connectivity index (χ2v) is 3.65. The molecule has 2 unspecified atom stereocenters. The lowest BCUT2D eigenvalue weighted by atomic mass is 9.76. The minimum atomic E-state index is 0. The molecule has 1 heteroatoms. The second kappa shape index (κ2) is 2.30. The molecule has 2 atom stereocenters. The highest BCUT2D eigenvalue weighted by atomic mass is 14.7. The fourth-order valence-corrected chi connectivity index (χ4v) is 1.53. The van der Waals surface area contributed by atoms with Gasteiger partial charge in [0.15, 0.2) is 0 Å². The zero-order chi connectivity index (χ0) is 6.91. The highest BCUT2D eigenvalue weighted by Crippen LogP contribution is 2.30. The van der Waals surface area contributed by atoms with Gasteiger partial charge in [-0.25, -0.2) is 0 Å². The Morgan fingerprint density at radius 2 is 2.22 bits per heavy atom. The fourth-order valence-electron chi connectivity index (χ4n) is 1.53. The summed E-state index contributed by atoms with van der Waals surface area (Å²) in [6, 6.07) is 0. The molecular formula is C8H18N. The standard InChI is InChI=1S/C8H17N.H/c1-7-5-3-4-6-8(7,2)9;/h7H,3-6,9H2,1-2H3;. The van der Waals surface area contributed by atoms with Gasteiger partial charge in [0.05, 0.1) is 0 Å². The molecule has 1 nitrogen and oxygen atoms in total. The Kier molecular flexibility index (Phi) is 1.80. The molecule has 55 valence electrons. The summed E-state index contributed by atoms with van der Waals surface area (Å²) in [7, 11) is 0. The van der Waals surface area contributed by atoms with Crippen molar-refractivity contribution in [3.8, 4) is 0 Å². The fraction of sp³-hybridized carbons (Fsp3) is 1.00. The lowest BCUT2D eigenvalue weighted by molar-refractivity contribution is 0.226. The van der Waals surface area contributed by atoms with Crippen LogP contribution in [0.2, 0.25) is 0 Å². The molecule has 0 amide bonds. The molecule has 0 saturated heterocycles. The molecular weight excluding hydrogens is 110 g/mol. The van der Waals surface area contributed by atoms with Crippen molar-refractivity contribution in [3.05, 3.63) is 0 Å². The van der Waals surface area contributed by atoms with E-state index in [-0.39, 0.29) is 6.97 Å². The molecule has 1 rings (SSSR count). The molecule has 1 radical (unpaired) electrons. The average Bonchev–Trinajstić information content (AvgIpc) is 1.77. The van der Waals surface area contributed by atoms with Crippen LogP contribution in [0.25, 0.3) is 0 Å². The van der Waals surface area contributed by atoms with Crippen molar-refractivity contribution in [3.63, 3.8) is 0 Å². The molecule has 1 aliphatic rings. The van der Waals surface area contributed by atoms with E-state index < -0.39 is 0 Å². The normalized spacial score (nSPS) is 45.0. The van der Waals surface area contributed by atoms with Crippen LogP contribution < -0.4 is 5.73 Å². The smallest absolute Gasteiger partial charge is 0.0151 e. The molecule has 0 aliphatic heterocycles. The molecule has 9 heavy (non-hydrogen) atoms. The first kappa shape index (κ1) is 7.07. The van der Waals surface area contributed by atoms with E-state index in [9.17, 15) is 0 Å². The number of hydrogen-bond acceptors (Lipinski definition) is 1. The zero-order valence-corrected chi connectivity index (χ0v) is 6.48. The third-order valence-corrected chi connectivity index (χ3v) is 2.73. The van der Waals surface area contributed by atoms with E-state index in [0.717, 1.165) is 5.92 Å². The van der Waals surface area contributed by atoms with E-state index in [1.807, 2.05) is 0 Å². The van der Waals surface area contributed by atoms with Crippen LogP contribution in [-0.4, -0.2) is 5.54 Å². The minimum absolute atomic E-state index is 0. The summed E-state index contributed by atoms with van der Waals surface area (Å²) in [5.41, 5.74) is 6.16. The maximum absolute atomic E-state index is 6.02. The SMILES string of the molecule is CC1CCCCC1(C)N.[H]. The van der Waals surface area contributed by atoms with Crippen molar-refractivity contribution >= 4 is 0 Å². The van der Waals surface area contributed by atoms with Gasteiger partial charge in [0.2, 0.25) is 0 Å². The van der Waals surface area contributed by atoms with Gasteiger partial charge in [-0.05, 0) is 25.7 Å². The van der Waals surface area contributed by atoms with E-state index in [2.05, 4.69) is 13.8 Å². The van der Waals surface area contributed by atoms with Crippen LogP contribution in [0.3, 0.4) is 0 Å². The first-order valence-electron chi connectivity index (χ1n) is 3.92. The Labute approximate surface area is 59.1 Å². The summed E-state index contributed by atoms with van der Waals surface area (Å²) in [5.74, 6) is 0.728. The van der Waals surface area contributed by atoms with E-state index in [1.165, 1.54) is 25.7 Å². The summed E-state index contributed by atoms with van der Waals surface area (Å²) >= 11 is 0. The second-order valence-electron chi connectivity index (χ2n) is 3.65. The first-order valence-corrected chi connectivity index (χ1v) is 3.92. The third kappa shape index (κ3) is 1.45. The maximum Gasteiger partial charge on any atom is 0.0151 e. The van der Waals surface area contributed by atoms with Crippen LogP contribution in [0.1, 0.15) is 41.0 Å². The van der Waals surface area contributed by atoms with Crippen molar-refractivity contribution < 1.29 is 1.43 Å². The Balaban J connectivity index is 0.000000810. The molecule has 0 bridgehead atoms. The molecule has 0 spiro atoms. The first-order chi connectivity index (χ1) is 4.13. The summed E-state index contributed by atoms with van der Waals surface area (Å²) in [6.45, 7) is 4.44. The Morgan fingerprint density at radius 3 is 2.56 bits per heavy atom. The average molecular weight is 128 g/mol. The highest BCUT2D eigenvalue weighted by Gasteiger charge is 2.28. The number of hydrogen-bond donors (Lipinski definition) is 1. The van der Waals surface area contributed by atoms with Gasteiger partial charge in [0, 0.05) is 6.97 Å². The summed E-state index contributed by atoms with van der Waals surface area (Å²) in [5, 5.41) is 0. The van der Waals surface area contributed by atoms with Crippen molar-refractivity contribution in [1.82, 2.24) is 0 Å². The van der Waals surface area contributed by atoms with Crippen LogP contribution in [0, 0.1) is 5.92 Å². The summed E-state index contributed by atoms with van der Waals surface area (Å²) < 4.78 is 0. The molecule has 1 saturated carbocycles. The largest absolute Gasteiger partial charge is 0.325 e. The Bertz CT molecular complexity index is 101. The van der Waals surface area contributed by atoms with Crippen molar-refractivity contribution in [2.75, 3.05) is 0 Å². The van der Waals surface area contributed by atoms with Crippen LogP contribution in [0.15, 0.2) is 0 Å². The minimum Gasteiger partial charge on any atom is -0.325 e. The summed E-state index contributed by atoms with van der Waals surface area (Å²) in [6.07, 6.45) is 5.26. The molecule has 0 aromatic carbocycles. The Morgan fingerprint density at radius 1 is 1.56 bits per heavy atom. The van der Waals surface area contributed by atoms with Gasteiger partial charge < -0.3 is 5.73 Å². The molecule has 0 heterocycles. The topological polar surface area (TPSA) is 26.0 Å². The van der Waals surface area contributed by atoms with E-state index in [0.29, 0.717) is 0 Å². The monoisotopic (exact) mass is 128 g/mol.